The van der Waals surface area contributed by atoms with Gasteiger partial charge in [-0.2, -0.15) is 0 Å². The molecule has 1 fully saturated rings. The summed E-state index contributed by atoms with van der Waals surface area (Å²) in [5, 5.41) is 15.0. The van der Waals surface area contributed by atoms with Crippen LogP contribution in [0.25, 0.3) is 6.08 Å². The summed E-state index contributed by atoms with van der Waals surface area (Å²) in [6.45, 7) is -0.431. The molecule has 0 aromatic heterocycles. The minimum absolute atomic E-state index is 0.0164. The number of aromatic hydroxyl groups is 1. The molecule has 0 saturated carbocycles. The quantitative estimate of drug-likeness (QED) is 0.507. The molecule has 1 saturated heterocycles. The Hall–Kier alpha value is -4.01. The summed E-state index contributed by atoms with van der Waals surface area (Å²) in [5.74, 6) is -1.05. The summed E-state index contributed by atoms with van der Waals surface area (Å²) >= 11 is 0. The molecule has 2 aromatic rings. The highest BCUT2D eigenvalue weighted by Crippen LogP contribution is 2.37. The van der Waals surface area contributed by atoms with Crippen LogP contribution in [0.3, 0.4) is 0 Å². The number of imide groups is 1. The first-order valence-corrected chi connectivity index (χ1v) is 8.57. The molecule has 0 atom stereocenters. The summed E-state index contributed by atoms with van der Waals surface area (Å²) < 4.78 is 10.2. The summed E-state index contributed by atoms with van der Waals surface area (Å²) in [4.78, 5) is 37.7. The highest BCUT2D eigenvalue weighted by atomic mass is 16.5. The minimum atomic E-state index is -0.706. The van der Waals surface area contributed by atoms with Gasteiger partial charge in [0.2, 0.25) is 11.7 Å². The van der Waals surface area contributed by atoms with Gasteiger partial charge in [-0.15, -0.1) is 0 Å². The van der Waals surface area contributed by atoms with Crippen LogP contribution in [0.4, 0.5) is 10.5 Å². The number of rotatable bonds is 6. The number of methoxy groups -OCH3 is 2. The van der Waals surface area contributed by atoms with Crippen molar-refractivity contribution in [2.75, 3.05) is 26.1 Å². The van der Waals surface area contributed by atoms with Crippen LogP contribution in [-0.2, 0) is 9.59 Å². The molecular weight excluding hydrogens is 378 g/mol. The Morgan fingerprint density at radius 3 is 2.34 bits per heavy atom. The number of phenols is 1. The topological polar surface area (TPSA) is 117 Å². The van der Waals surface area contributed by atoms with Gasteiger partial charge >= 0.3 is 6.03 Å². The van der Waals surface area contributed by atoms with E-state index in [-0.39, 0.29) is 22.9 Å². The predicted molar refractivity (Wildman–Crippen MR) is 105 cm³/mol. The SMILES string of the molecule is COc1cc(/C=C2\NC(=O)N(CC(=O)Nc3ccccc3)C2=O)cc(OC)c1O. The van der Waals surface area contributed by atoms with Crippen molar-refractivity contribution in [1.29, 1.82) is 0 Å². The second-order valence-corrected chi connectivity index (χ2v) is 6.07. The lowest BCUT2D eigenvalue weighted by atomic mass is 10.1. The van der Waals surface area contributed by atoms with Crippen molar-refractivity contribution in [3.63, 3.8) is 0 Å². The maximum absolute atomic E-state index is 12.6. The maximum Gasteiger partial charge on any atom is 0.329 e. The van der Waals surface area contributed by atoms with Crippen LogP contribution in [0.5, 0.6) is 17.2 Å². The van der Waals surface area contributed by atoms with Gasteiger partial charge in [0.1, 0.15) is 12.2 Å². The molecule has 1 heterocycles. The van der Waals surface area contributed by atoms with E-state index in [0.717, 1.165) is 4.90 Å². The van der Waals surface area contributed by atoms with Gasteiger partial charge in [0.15, 0.2) is 11.5 Å². The number of anilines is 1. The highest BCUT2D eigenvalue weighted by Gasteiger charge is 2.35. The number of carbonyl (C=O) groups excluding carboxylic acids is 3. The molecule has 0 radical (unpaired) electrons. The van der Waals surface area contributed by atoms with Crippen molar-refractivity contribution in [1.82, 2.24) is 10.2 Å². The zero-order valence-corrected chi connectivity index (χ0v) is 15.8. The second kappa shape index (κ2) is 8.34. The molecule has 0 spiro atoms. The summed E-state index contributed by atoms with van der Waals surface area (Å²) in [7, 11) is 2.75. The van der Waals surface area contributed by atoms with Crippen LogP contribution in [0, 0.1) is 0 Å². The molecule has 29 heavy (non-hydrogen) atoms. The van der Waals surface area contributed by atoms with Gasteiger partial charge in [-0.25, -0.2) is 9.69 Å². The Labute approximate surface area is 166 Å². The first kappa shape index (κ1) is 19.7. The molecular formula is C20H19N3O6. The first-order chi connectivity index (χ1) is 13.9. The smallest absolute Gasteiger partial charge is 0.329 e. The normalized spacial score (nSPS) is 14.7. The summed E-state index contributed by atoms with van der Waals surface area (Å²) in [6, 6.07) is 11.0. The molecule has 3 N–H and O–H groups in total. The van der Waals surface area contributed by atoms with Crippen LogP contribution >= 0.6 is 0 Å². The van der Waals surface area contributed by atoms with E-state index >= 15 is 0 Å². The molecule has 9 heteroatoms. The number of phenolic OH excluding ortho intramolecular Hbond substituents is 1. The van der Waals surface area contributed by atoms with Gasteiger partial charge < -0.3 is 25.2 Å². The number of nitrogens with zero attached hydrogens (tertiary/aromatic N) is 1. The van der Waals surface area contributed by atoms with Crippen molar-refractivity contribution in [2.24, 2.45) is 0 Å². The average molecular weight is 397 g/mol. The molecule has 1 aliphatic heterocycles. The predicted octanol–water partition coefficient (Wildman–Crippen LogP) is 1.94. The van der Waals surface area contributed by atoms with Crippen molar-refractivity contribution in [2.45, 2.75) is 0 Å². The maximum atomic E-state index is 12.6. The Balaban J connectivity index is 1.77. The summed E-state index contributed by atoms with van der Waals surface area (Å²) in [6.07, 6.45) is 1.40. The van der Waals surface area contributed by atoms with Gasteiger partial charge in [-0.3, -0.25) is 9.59 Å². The third-order valence-electron chi connectivity index (χ3n) is 4.13. The zero-order chi connectivity index (χ0) is 21.0. The van der Waals surface area contributed by atoms with E-state index in [1.807, 2.05) is 0 Å². The highest BCUT2D eigenvalue weighted by molar-refractivity contribution is 6.16. The molecule has 4 amide bonds. The van der Waals surface area contributed by atoms with Crippen molar-refractivity contribution in [3.8, 4) is 17.2 Å². The number of carbonyl (C=O) groups is 3. The number of benzene rings is 2. The van der Waals surface area contributed by atoms with Gasteiger partial charge in [0.25, 0.3) is 5.91 Å². The molecule has 0 unspecified atom stereocenters. The molecule has 1 aliphatic rings. The van der Waals surface area contributed by atoms with E-state index in [1.54, 1.807) is 30.3 Å². The molecule has 2 aromatic carbocycles. The van der Waals surface area contributed by atoms with Crippen molar-refractivity contribution >= 4 is 29.6 Å². The standard InChI is InChI=1S/C20H19N3O6/c1-28-15-9-12(10-16(29-2)18(15)25)8-14-19(26)23(20(27)22-14)11-17(24)21-13-6-4-3-5-7-13/h3-10,25H,11H2,1-2H3,(H,21,24)(H,22,27)/b14-8-. The number of hydrogen-bond donors (Lipinski definition) is 3. The van der Waals surface area contributed by atoms with Crippen LogP contribution < -0.4 is 20.1 Å². The van der Waals surface area contributed by atoms with E-state index in [1.165, 1.54) is 32.4 Å². The Morgan fingerprint density at radius 2 is 1.76 bits per heavy atom. The van der Waals surface area contributed by atoms with E-state index in [9.17, 15) is 19.5 Å². The third kappa shape index (κ3) is 4.29. The molecule has 0 bridgehead atoms. The number of ether oxygens (including phenoxy) is 2. The summed E-state index contributed by atoms with van der Waals surface area (Å²) in [5.41, 5.74) is 0.997. The lowest BCUT2D eigenvalue weighted by Crippen LogP contribution is -2.38. The molecule has 150 valence electrons. The third-order valence-corrected chi connectivity index (χ3v) is 4.13. The Bertz CT molecular complexity index is 962. The number of nitrogens with one attached hydrogen (secondary N) is 2. The average Bonchev–Trinajstić information content (AvgIpc) is 2.97. The van der Waals surface area contributed by atoms with Gasteiger partial charge in [0, 0.05) is 5.69 Å². The van der Waals surface area contributed by atoms with Crippen LogP contribution in [0.1, 0.15) is 5.56 Å². The lowest BCUT2D eigenvalue weighted by molar-refractivity contribution is -0.127. The monoisotopic (exact) mass is 397 g/mol. The van der Waals surface area contributed by atoms with Gasteiger partial charge in [0.05, 0.1) is 14.2 Å². The van der Waals surface area contributed by atoms with Crippen LogP contribution in [-0.4, -0.2) is 48.6 Å². The van der Waals surface area contributed by atoms with E-state index in [4.69, 9.17) is 9.47 Å². The number of hydrogen-bond acceptors (Lipinski definition) is 6. The van der Waals surface area contributed by atoms with E-state index in [0.29, 0.717) is 11.3 Å². The van der Waals surface area contributed by atoms with Gasteiger partial charge in [-0.1, -0.05) is 18.2 Å². The minimum Gasteiger partial charge on any atom is -0.502 e. The Kier molecular flexibility index (Phi) is 5.68. The fourth-order valence-electron chi connectivity index (χ4n) is 2.74. The number of urea groups is 1. The number of para-hydroxylation sites is 1. The first-order valence-electron chi connectivity index (χ1n) is 8.57. The van der Waals surface area contributed by atoms with Crippen LogP contribution in [0.15, 0.2) is 48.2 Å². The van der Waals surface area contributed by atoms with Crippen LogP contribution in [0.2, 0.25) is 0 Å². The van der Waals surface area contributed by atoms with Crippen molar-refractivity contribution < 1.29 is 29.0 Å². The molecule has 0 aliphatic carbocycles. The molecule has 3 rings (SSSR count). The molecule has 9 nitrogen and oxygen atoms in total. The number of amides is 4. The fraction of sp³-hybridized carbons (Fsp3) is 0.150. The van der Waals surface area contributed by atoms with Crippen molar-refractivity contribution in [3.05, 3.63) is 53.7 Å². The van der Waals surface area contributed by atoms with E-state index in [2.05, 4.69) is 10.6 Å². The van der Waals surface area contributed by atoms with E-state index < -0.39 is 24.4 Å². The second-order valence-electron chi connectivity index (χ2n) is 6.07. The zero-order valence-electron chi connectivity index (χ0n) is 15.8. The Morgan fingerprint density at radius 1 is 1.14 bits per heavy atom. The largest absolute Gasteiger partial charge is 0.502 e. The fourth-order valence-corrected chi connectivity index (χ4v) is 2.74. The van der Waals surface area contributed by atoms with Gasteiger partial charge in [-0.05, 0) is 35.9 Å². The lowest BCUT2D eigenvalue weighted by Gasteiger charge is -2.12.